The number of amides is 1. The van der Waals surface area contributed by atoms with Crippen molar-refractivity contribution in [3.63, 3.8) is 0 Å². The van der Waals surface area contributed by atoms with Gasteiger partial charge in [-0.05, 0) is 30.9 Å². The lowest BCUT2D eigenvalue weighted by Crippen LogP contribution is -2.24. The Bertz CT molecular complexity index is 701. The normalized spacial score (nSPS) is 18.1. The van der Waals surface area contributed by atoms with E-state index in [4.69, 9.17) is 0 Å². The van der Waals surface area contributed by atoms with Gasteiger partial charge < -0.3 is 4.90 Å². The number of nitro groups is 1. The molecular weight excluding hydrogens is 336 g/mol. The molecule has 1 aliphatic rings. The highest BCUT2D eigenvalue weighted by Gasteiger charge is 2.30. The van der Waals surface area contributed by atoms with Crippen LogP contribution in [-0.4, -0.2) is 38.7 Å². The van der Waals surface area contributed by atoms with E-state index in [9.17, 15) is 23.3 Å². The predicted molar refractivity (Wildman–Crippen MR) is 88.2 cm³/mol. The SMILES string of the molecule is CS(=O)(=O)OCCCCC1CC(=O)N(c2ccc([N+](=O)[O-])cc2)C1. The van der Waals surface area contributed by atoms with Crippen molar-refractivity contribution in [2.45, 2.75) is 25.7 Å². The van der Waals surface area contributed by atoms with Crippen LogP contribution < -0.4 is 4.90 Å². The van der Waals surface area contributed by atoms with Gasteiger partial charge in [0.05, 0.1) is 17.8 Å². The summed E-state index contributed by atoms with van der Waals surface area (Å²) >= 11 is 0. The lowest BCUT2D eigenvalue weighted by molar-refractivity contribution is -0.384. The molecule has 0 saturated carbocycles. The highest BCUT2D eigenvalue weighted by atomic mass is 32.2. The molecule has 1 aromatic rings. The van der Waals surface area contributed by atoms with Gasteiger partial charge in [-0.1, -0.05) is 6.42 Å². The van der Waals surface area contributed by atoms with Crippen LogP contribution in [0.25, 0.3) is 0 Å². The topological polar surface area (TPSA) is 107 Å². The summed E-state index contributed by atoms with van der Waals surface area (Å²) in [6.07, 6.45) is 3.66. The molecule has 2 rings (SSSR count). The van der Waals surface area contributed by atoms with E-state index in [0.29, 0.717) is 25.1 Å². The quantitative estimate of drug-likeness (QED) is 0.305. The Morgan fingerprint density at radius 3 is 2.54 bits per heavy atom. The van der Waals surface area contributed by atoms with Crippen LogP contribution in [0.3, 0.4) is 0 Å². The van der Waals surface area contributed by atoms with Crippen molar-refractivity contribution in [1.82, 2.24) is 0 Å². The molecule has 8 nitrogen and oxygen atoms in total. The molecule has 1 aromatic carbocycles. The van der Waals surface area contributed by atoms with Gasteiger partial charge >= 0.3 is 0 Å². The van der Waals surface area contributed by atoms with Crippen molar-refractivity contribution in [3.8, 4) is 0 Å². The molecule has 9 heteroatoms. The number of anilines is 1. The predicted octanol–water partition coefficient (Wildman–Crippen LogP) is 2.09. The van der Waals surface area contributed by atoms with Crippen LogP contribution in [0.4, 0.5) is 11.4 Å². The number of hydrogen-bond acceptors (Lipinski definition) is 6. The van der Waals surface area contributed by atoms with E-state index in [2.05, 4.69) is 4.18 Å². The zero-order valence-corrected chi connectivity index (χ0v) is 14.2. The minimum atomic E-state index is -3.40. The Morgan fingerprint density at radius 2 is 1.96 bits per heavy atom. The summed E-state index contributed by atoms with van der Waals surface area (Å²) in [7, 11) is -3.40. The number of nitro benzene ring substituents is 1. The second kappa shape index (κ2) is 7.71. The molecule has 1 fully saturated rings. The van der Waals surface area contributed by atoms with Gasteiger partial charge in [0.15, 0.2) is 0 Å². The van der Waals surface area contributed by atoms with E-state index >= 15 is 0 Å². The maximum atomic E-state index is 12.1. The first-order chi connectivity index (χ1) is 11.3. The molecule has 0 spiro atoms. The van der Waals surface area contributed by atoms with Crippen molar-refractivity contribution in [2.24, 2.45) is 5.92 Å². The molecule has 1 unspecified atom stereocenters. The number of unbranched alkanes of at least 4 members (excludes halogenated alkanes) is 1. The Kier molecular flexibility index (Phi) is 5.89. The summed E-state index contributed by atoms with van der Waals surface area (Å²) in [4.78, 5) is 23.9. The zero-order chi connectivity index (χ0) is 17.7. The number of nitrogens with zero attached hydrogens (tertiary/aromatic N) is 2. The van der Waals surface area contributed by atoms with E-state index in [1.54, 1.807) is 17.0 Å². The number of carbonyl (C=O) groups is 1. The van der Waals surface area contributed by atoms with E-state index in [1.165, 1.54) is 12.1 Å². The molecule has 1 amide bonds. The number of rotatable bonds is 8. The third-order valence-electron chi connectivity index (χ3n) is 3.88. The van der Waals surface area contributed by atoms with Crippen LogP contribution in [0.15, 0.2) is 24.3 Å². The van der Waals surface area contributed by atoms with Crippen LogP contribution in [0, 0.1) is 16.0 Å². The van der Waals surface area contributed by atoms with E-state index in [0.717, 1.165) is 19.1 Å². The van der Waals surface area contributed by atoms with Crippen molar-refractivity contribution in [2.75, 3.05) is 24.3 Å². The Hall–Kier alpha value is -2.00. The smallest absolute Gasteiger partial charge is 0.269 e. The molecule has 24 heavy (non-hydrogen) atoms. The number of carbonyl (C=O) groups excluding carboxylic acids is 1. The lowest BCUT2D eigenvalue weighted by atomic mass is 10.0. The largest absolute Gasteiger partial charge is 0.312 e. The third kappa shape index (κ3) is 5.27. The molecule has 1 heterocycles. The molecule has 0 N–H and O–H groups in total. The molecule has 0 radical (unpaired) electrons. The fraction of sp³-hybridized carbons (Fsp3) is 0.533. The fourth-order valence-corrected chi connectivity index (χ4v) is 3.14. The van der Waals surface area contributed by atoms with Crippen molar-refractivity contribution >= 4 is 27.4 Å². The third-order valence-corrected chi connectivity index (χ3v) is 4.48. The van der Waals surface area contributed by atoms with Crippen LogP contribution in [0.5, 0.6) is 0 Å². The van der Waals surface area contributed by atoms with Crippen LogP contribution >= 0.6 is 0 Å². The summed E-state index contributed by atoms with van der Waals surface area (Å²) in [5.41, 5.74) is 0.654. The van der Waals surface area contributed by atoms with Crippen molar-refractivity contribution < 1.29 is 22.3 Å². The molecule has 0 bridgehead atoms. The van der Waals surface area contributed by atoms with Gasteiger partial charge in [-0.25, -0.2) is 0 Å². The number of benzene rings is 1. The Balaban J connectivity index is 1.81. The standard InChI is InChI=1S/C15H20N2O6S/c1-24(21,22)23-9-3-2-4-12-10-15(18)16(11-12)13-5-7-14(8-6-13)17(19)20/h5-8,12H,2-4,9-11H2,1H3. The van der Waals surface area contributed by atoms with E-state index in [-0.39, 0.29) is 24.1 Å². The molecule has 0 aliphatic carbocycles. The summed E-state index contributed by atoms with van der Waals surface area (Å²) in [5, 5.41) is 10.7. The Morgan fingerprint density at radius 1 is 1.29 bits per heavy atom. The van der Waals surface area contributed by atoms with Crippen LogP contribution in [0.2, 0.25) is 0 Å². The minimum Gasteiger partial charge on any atom is -0.312 e. The zero-order valence-electron chi connectivity index (χ0n) is 13.4. The highest BCUT2D eigenvalue weighted by molar-refractivity contribution is 7.85. The molecule has 132 valence electrons. The van der Waals surface area contributed by atoms with Crippen molar-refractivity contribution in [1.29, 1.82) is 0 Å². The molecule has 1 atom stereocenters. The second-order valence-electron chi connectivity index (χ2n) is 5.87. The van der Waals surface area contributed by atoms with Gasteiger partial charge in [0.1, 0.15) is 0 Å². The average molecular weight is 356 g/mol. The first-order valence-corrected chi connectivity index (χ1v) is 9.47. The fourth-order valence-electron chi connectivity index (χ4n) is 2.72. The second-order valence-corrected chi connectivity index (χ2v) is 7.51. The van der Waals surface area contributed by atoms with Gasteiger partial charge in [-0.2, -0.15) is 8.42 Å². The molecular formula is C15H20N2O6S. The lowest BCUT2D eigenvalue weighted by Gasteiger charge is -2.16. The summed E-state index contributed by atoms with van der Waals surface area (Å²) < 4.78 is 26.4. The summed E-state index contributed by atoms with van der Waals surface area (Å²) in [6, 6.07) is 5.94. The highest BCUT2D eigenvalue weighted by Crippen LogP contribution is 2.29. The Labute approximate surface area is 140 Å². The van der Waals surface area contributed by atoms with Crippen molar-refractivity contribution in [3.05, 3.63) is 34.4 Å². The maximum Gasteiger partial charge on any atom is 0.269 e. The molecule has 1 saturated heterocycles. The molecule has 1 aliphatic heterocycles. The minimum absolute atomic E-state index is 0.00115. The van der Waals surface area contributed by atoms with Gasteiger partial charge in [0.2, 0.25) is 5.91 Å². The number of hydrogen-bond donors (Lipinski definition) is 0. The first-order valence-electron chi connectivity index (χ1n) is 7.65. The van der Waals surface area contributed by atoms with Crippen LogP contribution in [0.1, 0.15) is 25.7 Å². The summed E-state index contributed by atoms with van der Waals surface area (Å²) in [5.74, 6) is 0.201. The maximum absolute atomic E-state index is 12.1. The van der Waals surface area contributed by atoms with Gasteiger partial charge in [-0.3, -0.25) is 19.1 Å². The molecule has 0 aromatic heterocycles. The van der Waals surface area contributed by atoms with Crippen LogP contribution in [-0.2, 0) is 19.1 Å². The van der Waals surface area contributed by atoms with Gasteiger partial charge in [0, 0.05) is 30.8 Å². The number of non-ortho nitro benzene ring substituents is 1. The van der Waals surface area contributed by atoms with E-state index in [1.807, 2.05) is 0 Å². The summed E-state index contributed by atoms with van der Waals surface area (Å²) in [6.45, 7) is 0.731. The van der Waals surface area contributed by atoms with Gasteiger partial charge in [0.25, 0.3) is 15.8 Å². The van der Waals surface area contributed by atoms with Gasteiger partial charge in [-0.15, -0.1) is 0 Å². The first kappa shape index (κ1) is 18.3. The average Bonchev–Trinajstić information content (AvgIpc) is 2.87. The monoisotopic (exact) mass is 356 g/mol. The van der Waals surface area contributed by atoms with E-state index < -0.39 is 15.0 Å².